The van der Waals surface area contributed by atoms with Gasteiger partial charge in [0, 0.05) is 23.8 Å². The van der Waals surface area contributed by atoms with Crippen LogP contribution in [-0.2, 0) is 9.59 Å². The van der Waals surface area contributed by atoms with Gasteiger partial charge in [-0.3, -0.25) is 9.59 Å². The summed E-state index contributed by atoms with van der Waals surface area (Å²) in [5.41, 5.74) is 1.28. The number of carbonyl (C=O) groups excluding carboxylic acids is 2. The number of nitrogens with one attached hydrogen (secondary N) is 3. The zero-order chi connectivity index (χ0) is 16.0. The fourth-order valence-corrected chi connectivity index (χ4v) is 1.74. The molecule has 0 aliphatic heterocycles. The molecule has 0 radical (unpaired) electrons. The lowest BCUT2D eigenvalue weighted by atomic mass is 10.0. The summed E-state index contributed by atoms with van der Waals surface area (Å²) in [4.78, 5) is 23.2. The minimum absolute atomic E-state index is 0.0493. The van der Waals surface area contributed by atoms with E-state index in [0.717, 1.165) is 12.1 Å². The van der Waals surface area contributed by atoms with Crippen molar-refractivity contribution in [2.45, 2.75) is 52.6 Å². The lowest BCUT2D eigenvalue weighted by Gasteiger charge is -2.27. The van der Waals surface area contributed by atoms with Crippen molar-refractivity contribution in [3.8, 4) is 0 Å². The minimum atomic E-state index is -0.358. The van der Waals surface area contributed by atoms with Crippen molar-refractivity contribution < 1.29 is 9.59 Å². The molecular weight excluding hydrogens is 266 g/mol. The molecule has 5 nitrogen and oxygen atoms in total. The highest BCUT2D eigenvalue weighted by Gasteiger charge is 2.21. The highest BCUT2D eigenvalue weighted by atomic mass is 16.2. The van der Waals surface area contributed by atoms with E-state index in [-0.39, 0.29) is 23.4 Å². The summed E-state index contributed by atoms with van der Waals surface area (Å²) in [6.45, 7) is 9.30. The van der Waals surface area contributed by atoms with Crippen LogP contribution in [0.4, 0.5) is 11.4 Å². The summed E-state index contributed by atoms with van der Waals surface area (Å²) in [5.74, 6) is -0.172. The van der Waals surface area contributed by atoms with Crippen molar-refractivity contribution in [2.24, 2.45) is 0 Å². The molecule has 0 bridgehead atoms. The number of carbonyl (C=O) groups is 2. The standard InChI is InChI=1S/C16H25N3O2/c1-6-16(4,5)19-15(21)11(2)17-13-8-7-9-14(10-13)18-12(3)20/h7-11,17H,6H2,1-5H3,(H,18,20)(H,19,21). The smallest absolute Gasteiger partial charge is 0.242 e. The van der Waals surface area contributed by atoms with Gasteiger partial charge in [0.05, 0.1) is 0 Å². The number of hydrogen-bond donors (Lipinski definition) is 3. The summed E-state index contributed by atoms with van der Waals surface area (Å²) in [6, 6.07) is 6.94. The van der Waals surface area contributed by atoms with Gasteiger partial charge < -0.3 is 16.0 Å². The molecule has 0 heterocycles. The van der Waals surface area contributed by atoms with Crippen molar-refractivity contribution in [1.82, 2.24) is 5.32 Å². The van der Waals surface area contributed by atoms with Crippen LogP contribution in [0.3, 0.4) is 0 Å². The summed E-state index contributed by atoms with van der Waals surface area (Å²) < 4.78 is 0. The normalized spacial score (nSPS) is 12.4. The van der Waals surface area contributed by atoms with Gasteiger partial charge >= 0.3 is 0 Å². The molecule has 0 spiro atoms. The predicted molar refractivity (Wildman–Crippen MR) is 86.3 cm³/mol. The molecule has 1 atom stereocenters. The first kappa shape index (κ1) is 17.0. The van der Waals surface area contributed by atoms with Gasteiger partial charge in [-0.15, -0.1) is 0 Å². The van der Waals surface area contributed by atoms with Crippen molar-refractivity contribution >= 4 is 23.2 Å². The second-order valence-electron chi connectivity index (χ2n) is 5.85. The molecule has 0 saturated heterocycles. The Bertz CT molecular complexity index is 512. The van der Waals surface area contributed by atoms with Crippen LogP contribution in [0.5, 0.6) is 0 Å². The Balaban J connectivity index is 2.68. The van der Waals surface area contributed by atoms with Crippen molar-refractivity contribution in [2.75, 3.05) is 10.6 Å². The molecule has 0 aliphatic carbocycles. The third-order valence-electron chi connectivity index (χ3n) is 3.30. The number of rotatable bonds is 6. The average Bonchev–Trinajstić information content (AvgIpc) is 2.37. The number of anilines is 2. The summed E-state index contributed by atoms with van der Waals surface area (Å²) >= 11 is 0. The molecule has 1 aromatic carbocycles. The molecule has 0 aliphatic rings. The van der Waals surface area contributed by atoms with Gasteiger partial charge in [0.25, 0.3) is 0 Å². The van der Waals surface area contributed by atoms with Crippen LogP contribution in [0.15, 0.2) is 24.3 Å². The Morgan fingerprint density at radius 1 is 1.24 bits per heavy atom. The summed E-state index contributed by atoms with van der Waals surface area (Å²) in [6.07, 6.45) is 0.865. The molecule has 5 heteroatoms. The van der Waals surface area contributed by atoms with E-state index in [2.05, 4.69) is 16.0 Å². The maximum Gasteiger partial charge on any atom is 0.242 e. The third-order valence-corrected chi connectivity index (χ3v) is 3.30. The van der Waals surface area contributed by atoms with Crippen LogP contribution < -0.4 is 16.0 Å². The van der Waals surface area contributed by atoms with E-state index in [9.17, 15) is 9.59 Å². The highest BCUT2D eigenvalue weighted by molar-refractivity contribution is 5.89. The second-order valence-corrected chi connectivity index (χ2v) is 5.85. The zero-order valence-electron chi connectivity index (χ0n) is 13.4. The molecule has 1 rings (SSSR count). The first-order valence-corrected chi connectivity index (χ1v) is 7.19. The minimum Gasteiger partial charge on any atom is -0.374 e. The van der Waals surface area contributed by atoms with Gasteiger partial charge in [0.2, 0.25) is 11.8 Å². The molecule has 116 valence electrons. The summed E-state index contributed by atoms with van der Waals surface area (Å²) in [5, 5.41) is 8.86. The van der Waals surface area contributed by atoms with Crippen molar-refractivity contribution in [1.29, 1.82) is 0 Å². The Morgan fingerprint density at radius 3 is 2.43 bits per heavy atom. The highest BCUT2D eigenvalue weighted by Crippen LogP contribution is 2.16. The first-order valence-electron chi connectivity index (χ1n) is 7.19. The maximum atomic E-state index is 12.1. The fraction of sp³-hybridized carbons (Fsp3) is 0.500. The van der Waals surface area contributed by atoms with Crippen LogP contribution in [0.25, 0.3) is 0 Å². The molecule has 2 amide bonds. The number of hydrogen-bond acceptors (Lipinski definition) is 3. The van der Waals surface area contributed by atoms with E-state index in [1.54, 1.807) is 12.1 Å². The quantitative estimate of drug-likeness (QED) is 0.755. The molecular formula is C16H25N3O2. The molecule has 1 unspecified atom stereocenters. The van der Waals surface area contributed by atoms with E-state index in [1.165, 1.54) is 6.92 Å². The topological polar surface area (TPSA) is 70.2 Å². The van der Waals surface area contributed by atoms with Gasteiger partial charge in [-0.25, -0.2) is 0 Å². The van der Waals surface area contributed by atoms with Crippen LogP contribution in [-0.4, -0.2) is 23.4 Å². The monoisotopic (exact) mass is 291 g/mol. The SMILES string of the molecule is CCC(C)(C)NC(=O)C(C)Nc1cccc(NC(C)=O)c1. The van der Waals surface area contributed by atoms with Crippen LogP contribution in [0, 0.1) is 0 Å². The largest absolute Gasteiger partial charge is 0.374 e. The molecule has 0 saturated carbocycles. The van der Waals surface area contributed by atoms with E-state index < -0.39 is 0 Å². The van der Waals surface area contributed by atoms with Gasteiger partial charge in [-0.05, 0) is 45.4 Å². The molecule has 21 heavy (non-hydrogen) atoms. The second kappa shape index (κ2) is 7.11. The Labute approximate surface area is 126 Å². The van der Waals surface area contributed by atoms with Crippen LogP contribution in [0.2, 0.25) is 0 Å². The van der Waals surface area contributed by atoms with Crippen LogP contribution >= 0.6 is 0 Å². The number of amides is 2. The van der Waals surface area contributed by atoms with Crippen LogP contribution in [0.1, 0.15) is 41.0 Å². The van der Waals surface area contributed by atoms with Gasteiger partial charge in [-0.2, -0.15) is 0 Å². The first-order chi connectivity index (χ1) is 9.73. The molecule has 3 N–H and O–H groups in total. The summed E-state index contributed by atoms with van der Waals surface area (Å²) in [7, 11) is 0. The zero-order valence-corrected chi connectivity index (χ0v) is 13.4. The maximum absolute atomic E-state index is 12.1. The number of benzene rings is 1. The average molecular weight is 291 g/mol. The molecule has 1 aromatic rings. The Morgan fingerprint density at radius 2 is 1.86 bits per heavy atom. The fourth-order valence-electron chi connectivity index (χ4n) is 1.74. The lowest BCUT2D eigenvalue weighted by Crippen LogP contribution is -2.48. The predicted octanol–water partition coefficient (Wildman–Crippen LogP) is 2.75. The molecule has 0 fully saturated rings. The lowest BCUT2D eigenvalue weighted by molar-refractivity contribution is -0.123. The van der Waals surface area contributed by atoms with Crippen molar-refractivity contribution in [3.63, 3.8) is 0 Å². The Hall–Kier alpha value is -2.04. The third kappa shape index (κ3) is 5.85. The van der Waals surface area contributed by atoms with Crippen molar-refractivity contribution in [3.05, 3.63) is 24.3 Å². The Kier molecular flexibility index (Phi) is 5.76. The molecule has 0 aromatic heterocycles. The van der Waals surface area contributed by atoms with E-state index >= 15 is 0 Å². The van der Waals surface area contributed by atoms with Gasteiger partial charge in [0.1, 0.15) is 6.04 Å². The van der Waals surface area contributed by atoms with E-state index in [4.69, 9.17) is 0 Å². The van der Waals surface area contributed by atoms with Gasteiger partial charge in [0.15, 0.2) is 0 Å². The van der Waals surface area contributed by atoms with E-state index in [0.29, 0.717) is 5.69 Å². The van der Waals surface area contributed by atoms with Gasteiger partial charge in [-0.1, -0.05) is 13.0 Å². The van der Waals surface area contributed by atoms with E-state index in [1.807, 2.05) is 39.8 Å².